The molecule has 0 bridgehead atoms. The molecule has 0 aromatic heterocycles. The van der Waals surface area contributed by atoms with Crippen LogP contribution in [0.3, 0.4) is 0 Å². The fourth-order valence-electron chi connectivity index (χ4n) is 2.87. The molecular formula is C16H24. The van der Waals surface area contributed by atoms with Gasteiger partial charge in [-0.3, -0.25) is 0 Å². The van der Waals surface area contributed by atoms with Crippen LogP contribution >= 0.6 is 0 Å². The van der Waals surface area contributed by atoms with Crippen LogP contribution in [0.15, 0.2) is 12.1 Å². The van der Waals surface area contributed by atoms with E-state index in [4.69, 9.17) is 0 Å². The van der Waals surface area contributed by atoms with E-state index in [9.17, 15) is 0 Å². The summed E-state index contributed by atoms with van der Waals surface area (Å²) in [5.74, 6) is 0.695. The Kier molecular flexibility index (Phi) is 2.86. The van der Waals surface area contributed by atoms with E-state index >= 15 is 0 Å². The first-order chi connectivity index (χ1) is 7.45. The van der Waals surface area contributed by atoms with Crippen molar-refractivity contribution in [1.82, 2.24) is 0 Å². The third-order valence-electron chi connectivity index (χ3n) is 4.41. The van der Waals surface area contributed by atoms with Crippen LogP contribution in [-0.2, 0) is 11.8 Å². The summed E-state index contributed by atoms with van der Waals surface area (Å²) in [5.41, 5.74) is 6.68. The average molecular weight is 216 g/mol. The molecule has 1 unspecified atom stereocenters. The van der Waals surface area contributed by atoms with Crippen LogP contribution in [-0.4, -0.2) is 0 Å². The van der Waals surface area contributed by atoms with Gasteiger partial charge >= 0.3 is 0 Å². The third-order valence-corrected chi connectivity index (χ3v) is 4.41. The molecule has 16 heavy (non-hydrogen) atoms. The minimum Gasteiger partial charge on any atom is -0.0648 e. The lowest BCUT2D eigenvalue weighted by Gasteiger charge is -2.22. The van der Waals surface area contributed by atoms with Crippen molar-refractivity contribution in [2.45, 2.75) is 65.2 Å². The Labute approximate surface area is 100 Å². The van der Waals surface area contributed by atoms with Crippen LogP contribution in [0, 0.1) is 6.92 Å². The molecule has 2 rings (SSSR count). The van der Waals surface area contributed by atoms with Crippen molar-refractivity contribution < 1.29 is 0 Å². The Balaban J connectivity index is 2.52. The van der Waals surface area contributed by atoms with Crippen LogP contribution in [0.5, 0.6) is 0 Å². The van der Waals surface area contributed by atoms with E-state index in [2.05, 4.69) is 46.8 Å². The maximum Gasteiger partial charge on any atom is -0.00975 e. The fourth-order valence-corrected chi connectivity index (χ4v) is 2.87. The van der Waals surface area contributed by atoms with E-state index < -0.39 is 0 Å². The third kappa shape index (κ3) is 1.79. The summed E-state index contributed by atoms with van der Waals surface area (Å²) in [7, 11) is 0. The molecule has 0 heteroatoms. The molecule has 0 nitrogen and oxygen atoms in total. The standard InChI is InChI=1S/C16H24/c1-6-11(2)13-9-12(3)14-7-8-16(4,5)15(14)10-13/h9-11H,6-8H2,1-5H3. The molecule has 1 aromatic rings. The molecule has 0 spiro atoms. The highest BCUT2D eigenvalue weighted by molar-refractivity contribution is 5.46. The van der Waals surface area contributed by atoms with E-state index in [0.717, 1.165) is 0 Å². The highest BCUT2D eigenvalue weighted by Crippen LogP contribution is 2.41. The number of hydrogen-bond donors (Lipinski definition) is 0. The molecule has 0 N–H and O–H groups in total. The lowest BCUT2D eigenvalue weighted by Crippen LogP contribution is -2.12. The van der Waals surface area contributed by atoms with Crippen LogP contribution < -0.4 is 0 Å². The predicted octanol–water partition coefficient (Wildman–Crippen LogP) is 4.73. The zero-order valence-corrected chi connectivity index (χ0v) is 11.4. The average Bonchev–Trinajstić information content (AvgIpc) is 2.54. The van der Waals surface area contributed by atoms with Crippen LogP contribution in [0.1, 0.15) is 68.7 Å². The van der Waals surface area contributed by atoms with Gasteiger partial charge in [0.25, 0.3) is 0 Å². The van der Waals surface area contributed by atoms with Crippen LogP contribution in [0.4, 0.5) is 0 Å². The Morgan fingerprint density at radius 2 is 2.00 bits per heavy atom. The summed E-state index contributed by atoms with van der Waals surface area (Å²) >= 11 is 0. The molecule has 0 aliphatic heterocycles. The van der Waals surface area contributed by atoms with Crippen LogP contribution in [0.2, 0.25) is 0 Å². The Bertz CT molecular complexity index is 399. The quantitative estimate of drug-likeness (QED) is 0.670. The van der Waals surface area contributed by atoms with Crippen molar-refractivity contribution in [1.29, 1.82) is 0 Å². The molecule has 1 atom stereocenters. The molecule has 1 aliphatic carbocycles. The van der Waals surface area contributed by atoms with Gasteiger partial charge < -0.3 is 0 Å². The molecule has 0 fully saturated rings. The number of benzene rings is 1. The lowest BCUT2D eigenvalue weighted by atomic mass is 9.83. The summed E-state index contributed by atoms with van der Waals surface area (Å²) in [6.07, 6.45) is 3.82. The molecule has 0 amide bonds. The van der Waals surface area contributed by atoms with Gasteiger partial charge in [0.2, 0.25) is 0 Å². The Hall–Kier alpha value is -0.780. The van der Waals surface area contributed by atoms with Gasteiger partial charge in [0.1, 0.15) is 0 Å². The van der Waals surface area contributed by atoms with E-state index in [1.54, 1.807) is 11.1 Å². The van der Waals surface area contributed by atoms with Gasteiger partial charge in [-0.05, 0) is 59.8 Å². The summed E-state index contributed by atoms with van der Waals surface area (Å²) < 4.78 is 0. The van der Waals surface area contributed by atoms with Crippen molar-refractivity contribution in [3.63, 3.8) is 0 Å². The largest absolute Gasteiger partial charge is 0.0648 e. The highest BCUT2D eigenvalue weighted by atomic mass is 14.4. The van der Waals surface area contributed by atoms with Gasteiger partial charge in [0.05, 0.1) is 0 Å². The minimum absolute atomic E-state index is 0.392. The maximum absolute atomic E-state index is 2.48. The minimum atomic E-state index is 0.392. The Morgan fingerprint density at radius 3 is 2.62 bits per heavy atom. The second kappa shape index (κ2) is 3.91. The Morgan fingerprint density at radius 1 is 1.31 bits per heavy atom. The van der Waals surface area contributed by atoms with Gasteiger partial charge in [0.15, 0.2) is 0 Å². The van der Waals surface area contributed by atoms with Crippen molar-refractivity contribution in [3.05, 3.63) is 34.4 Å². The maximum atomic E-state index is 2.48. The lowest BCUT2D eigenvalue weighted by molar-refractivity contribution is 0.521. The number of rotatable bonds is 2. The summed E-state index contributed by atoms with van der Waals surface area (Å²) in [4.78, 5) is 0. The number of fused-ring (bicyclic) bond motifs is 1. The summed E-state index contributed by atoms with van der Waals surface area (Å²) in [5, 5.41) is 0. The number of aryl methyl sites for hydroxylation is 1. The van der Waals surface area contributed by atoms with Crippen molar-refractivity contribution in [2.24, 2.45) is 0 Å². The topological polar surface area (TPSA) is 0 Å². The van der Waals surface area contributed by atoms with Gasteiger partial charge in [-0.1, -0.05) is 39.8 Å². The normalized spacial score (nSPS) is 19.6. The van der Waals surface area contributed by atoms with E-state index in [0.29, 0.717) is 11.3 Å². The van der Waals surface area contributed by atoms with E-state index in [1.807, 2.05) is 0 Å². The molecule has 1 aromatic carbocycles. The molecule has 88 valence electrons. The monoisotopic (exact) mass is 216 g/mol. The van der Waals surface area contributed by atoms with Gasteiger partial charge in [-0.15, -0.1) is 0 Å². The van der Waals surface area contributed by atoms with Gasteiger partial charge in [0, 0.05) is 0 Å². The molecule has 0 radical (unpaired) electrons. The summed E-state index contributed by atoms with van der Waals surface area (Å²) in [6, 6.07) is 4.89. The highest BCUT2D eigenvalue weighted by Gasteiger charge is 2.31. The zero-order chi connectivity index (χ0) is 11.9. The van der Waals surface area contributed by atoms with Gasteiger partial charge in [-0.25, -0.2) is 0 Å². The first-order valence-corrected chi connectivity index (χ1v) is 6.59. The van der Waals surface area contributed by atoms with Crippen LogP contribution in [0.25, 0.3) is 0 Å². The molecule has 0 heterocycles. The SMILES string of the molecule is CCC(C)c1cc(C)c2c(c1)C(C)(C)CC2. The van der Waals surface area contributed by atoms with E-state index in [1.165, 1.54) is 30.4 Å². The fraction of sp³-hybridized carbons (Fsp3) is 0.625. The zero-order valence-electron chi connectivity index (χ0n) is 11.4. The first kappa shape index (κ1) is 11.7. The molecule has 1 aliphatic rings. The van der Waals surface area contributed by atoms with Crippen molar-refractivity contribution >= 4 is 0 Å². The second-order valence-electron chi connectivity index (χ2n) is 6.06. The summed E-state index contributed by atoms with van der Waals surface area (Å²) in [6.45, 7) is 11.7. The predicted molar refractivity (Wildman–Crippen MR) is 71.2 cm³/mol. The molecule has 0 saturated heterocycles. The van der Waals surface area contributed by atoms with Crippen molar-refractivity contribution in [3.8, 4) is 0 Å². The second-order valence-corrected chi connectivity index (χ2v) is 6.06. The molecule has 0 saturated carbocycles. The molecular weight excluding hydrogens is 192 g/mol. The van der Waals surface area contributed by atoms with Gasteiger partial charge in [-0.2, -0.15) is 0 Å². The number of hydrogen-bond acceptors (Lipinski definition) is 0. The smallest absolute Gasteiger partial charge is 0.00975 e. The van der Waals surface area contributed by atoms with E-state index in [-0.39, 0.29) is 0 Å². The first-order valence-electron chi connectivity index (χ1n) is 6.59. The van der Waals surface area contributed by atoms with Crippen molar-refractivity contribution in [2.75, 3.05) is 0 Å².